The van der Waals surface area contributed by atoms with Crippen molar-refractivity contribution < 1.29 is 4.79 Å². The SMILES string of the molecule is O=C(NCCn1ncc2ccccc2c1=O)c1cccc2c1NCCC2. The van der Waals surface area contributed by atoms with Gasteiger partial charge in [-0.25, -0.2) is 4.68 Å². The third kappa shape index (κ3) is 3.06. The summed E-state index contributed by atoms with van der Waals surface area (Å²) in [7, 11) is 0. The Kier molecular flexibility index (Phi) is 4.39. The number of carbonyl (C=O) groups excluding carboxylic acids is 1. The minimum absolute atomic E-state index is 0.134. The van der Waals surface area contributed by atoms with Crippen LogP contribution >= 0.6 is 0 Å². The molecule has 1 aromatic heterocycles. The second-order valence-corrected chi connectivity index (χ2v) is 6.39. The molecule has 0 saturated heterocycles. The van der Waals surface area contributed by atoms with E-state index in [2.05, 4.69) is 21.8 Å². The lowest BCUT2D eigenvalue weighted by atomic mass is 9.99. The fourth-order valence-corrected chi connectivity index (χ4v) is 3.36. The number of para-hydroxylation sites is 1. The van der Waals surface area contributed by atoms with Gasteiger partial charge in [-0.1, -0.05) is 30.3 Å². The standard InChI is InChI=1S/C20H20N4O2/c25-19(17-9-3-6-14-7-4-10-21-18(14)17)22-11-12-24-20(26)16-8-2-1-5-15(16)13-23-24/h1-3,5-6,8-9,13,21H,4,7,10-12H2,(H,22,25). The highest BCUT2D eigenvalue weighted by molar-refractivity contribution is 6.00. The van der Waals surface area contributed by atoms with Crippen molar-refractivity contribution in [2.75, 3.05) is 18.4 Å². The van der Waals surface area contributed by atoms with Crippen LogP contribution in [0.4, 0.5) is 5.69 Å². The van der Waals surface area contributed by atoms with Gasteiger partial charge in [-0.2, -0.15) is 5.10 Å². The van der Waals surface area contributed by atoms with E-state index in [4.69, 9.17) is 0 Å². The number of nitrogens with one attached hydrogen (secondary N) is 2. The van der Waals surface area contributed by atoms with Gasteiger partial charge >= 0.3 is 0 Å². The Hall–Kier alpha value is -3.15. The van der Waals surface area contributed by atoms with Crippen LogP contribution in [-0.2, 0) is 13.0 Å². The van der Waals surface area contributed by atoms with Crippen molar-refractivity contribution in [3.63, 3.8) is 0 Å². The van der Waals surface area contributed by atoms with E-state index in [1.54, 1.807) is 12.3 Å². The van der Waals surface area contributed by atoms with Gasteiger partial charge in [0.15, 0.2) is 0 Å². The summed E-state index contributed by atoms with van der Waals surface area (Å²) in [5.74, 6) is -0.134. The first kappa shape index (κ1) is 16.3. The van der Waals surface area contributed by atoms with Crippen molar-refractivity contribution in [1.82, 2.24) is 15.1 Å². The van der Waals surface area contributed by atoms with Crippen molar-refractivity contribution in [2.45, 2.75) is 19.4 Å². The van der Waals surface area contributed by atoms with Crippen LogP contribution in [0.1, 0.15) is 22.3 Å². The van der Waals surface area contributed by atoms with E-state index in [0.717, 1.165) is 30.5 Å². The molecular formula is C20H20N4O2. The molecule has 1 aliphatic heterocycles. The highest BCUT2D eigenvalue weighted by Crippen LogP contribution is 2.25. The van der Waals surface area contributed by atoms with Crippen LogP contribution in [0.15, 0.2) is 53.5 Å². The molecule has 0 spiro atoms. The van der Waals surface area contributed by atoms with Crippen molar-refractivity contribution in [3.05, 3.63) is 70.1 Å². The quantitative estimate of drug-likeness (QED) is 0.758. The number of carbonyl (C=O) groups is 1. The van der Waals surface area contributed by atoms with E-state index in [0.29, 0.717) is 24.0 Å². The zero-order chi connectivity index (χ0) is 17.9. The normalized spacial score (nSPS) is 13.1. The van der Waals surface area contributed by atoms with E-state index >= 15 is 0 Å². The molecule has 132 valence electrons. The van der Waals surface area contributed by atoms with Crippen molar-refractivity contribution in [3.8, 4) is 0 Å². The minimum Gasteiger partial charge on any atom is -0.384 e. The van der Waals surface area contributed by atoms with E-state index in [-0.39, 0.29) is 11.5 Å². The van der Waals surface area contributed by atoms with Gasteiger partial charge in [0, 0.05) is 18.5 Å². The molecule has 0 radical (unpaired) electrons. The van der Waals surface area contributed by atoms with Crippen molar-refractivity contribution in [2.24, 2.45) is 0 Å². The summed E-state index contributed by atoms with van der Waals surface area (Å²) >= 11 is 0. The summed E-state index contributed by atoms with van der Waals surface area (Å²) in [5.41, 5.74) is 2.62. The molecule has 6 heteroatoms. The number of hydrogen-bond acceptors (Lipinski definition) is 4. The molecule has 2 N–H and O–H groups in total. The molecule has 3 aromatic rings. The lowest BCUT2D eigenvalue weighted by Gasteiger charge is -2.20. The maximum atomic E-state index is 12.5. The molecule has 0 fully saturated rings. The first-order chi connectivity index (χ1) is 12.7. The molecule has 1 aliphatic rings. The monoisotopic (exact) mass is 348 g/mol. The van der Waals surface area contributed by atoms with Crippen LogP contribution in [-0.4, -0.2) is 28.8 Å². The number of anilines is 1. The molecule has 0 atom stereocenters. The van der Waals surface area contributed by atoms with Crippen LogP contribution in [0.2, 0.25) is 0 Å². The summed E-state index contributed by atoms with van der Waals surface area (Å²) in [6.45, 7) is 1.55. The number of benzene rings is 2. The van der Waals surface area contributed by atoms with Crippen LogP contribution in [0.5, 0.6) is 0 Å². The van der Waals surface area contributed by atoms with E-state index in [9.17, 15) is 9.59 Å². The number of hydrogen-bond donors (Lipinski definition) is 2. The zero-order valence-electron chi connectivity index (χ0n) is 14.4. The molecule has 2 aromatic carbocycles. The predicted octanol–water partition coefficient (Wildman–Crippen LogP) is 2.18. The molecular weight excluding hydrogens is 328 g/mol. The number of rotatable bonds is 4. The van der Waals surface area contributed by atoms with Gasteiger partial charge in [-0.3, -0.25) is 9.59 Å². The fourth-order valence-electron chi connectivity index (χ4n) is 3.36. The average Bonchev–Trinajstić information content (AvgIpc) is 2.69. The van der Waals surface area contributed by atoms with Crippen LogP contribution in [0.3, 0.4) is 0 Å². The van der Waals surface area contributed by atoms with Crippen LogP contribution in [0.25, 0.3) is 10.8 Å². The molecule has 6 nitrogen and oxygen atoms in total. The van der Waals surface area contributed by atoms with Crippen molar-refractivity contribution >= 4 is 22.4 Å². The molecule has 0 bridgehead atoms. The van der Waals surface area contributed by atoms with Gasteiger partial charge in [0.2, 0.25) is 0 Å². The second kappa shape index (κ2) is 7.00. The van der Waals surface area contributed by atoms with Gasteiger partial charge in [0.1, 0.15) is 0 Å². The van der Waals surface area contributed by atoms with Crippen LogP contribution in [0, 0.1) is 0 Å². The van der Waals surface area contributed by atoms with Gasteiger partial charge in [0.25, 0.3) is 11.5 Å². The molecule has 2 heterocycles. The highest BCUT2D eigenvalue weighted by atomic mass is 16.2. The van der Waals surface area contributed by atoms with Gasteiger partial charge in [-0.15, -0.1) is 0 Å². The average molecular weight is 348 g/mol. The third-order valence-electron chi connectivity index (χ3n) is 4.69. The summed E-state index contributed by atoms with van der Waals surface area (Å²) in [6, 6.07) is 13.2. The number of nitrogens with zero attached hydrogens (tertiary/aromatic N) is 2. The minimum atomic E-state index is -0.142. The molecule has 1 amide bonds. The number of fused-ring (bicyclic) bond motifs is 2. The van der Waals surface area contributed by atoms with Gasteiger partial charge < -0.3 is 10.6 Å². The molecule has 0 saturated carbocycles. The lowest BCUT2D eigenvalue weighted by Crippen LogP contribution is -2.32. The Labute approximate surface area is 150 Å². The Morgan fingerprint density at radius 2 is 2.08 bits per heavy atom. The predicted molar refractivity (Wildman–Crippen MR) is 102 cm³/mol. The number of amides is 1. The maximum Gasteiger partial charge on any atom is 0.274 e. The Morgan fingerprint density at radius 3 is 3.00 bits per heavy atom. The molecule has 0 aliphatic carbocycles. The number of aromatic nitrogens is 2. The summed E-state index contributed by atoms with van der Waals surface area (Å²) in [6.07, 6.45) is 3.74. The largest absolute Gasteiger partial charge is 0.384 e. The van der Waals surface area contributed by atoms with E-state index in [1.807, 2.05) is 30.3 Å². The fraction of sp³-hybridized carbons (Fsp3) is 0.250. The Balaban J connectivity index is 1.46. The molecule has 26 heavy (non-hydrogen) atoms. The first-order valence-corrected chi connectivity index (χ1v) is 8.83. The van der Waals surface area contributed by atoms with E-state index < -0.39 is 0 Å². The Morgan fingerprint density at radius 1 is 1.19 bits per heavy atom. The van der Waals surface area contributed by atoms with Crippen molar-refractivity contribution in [1.29, 1.82) is 0 Å². The highest BCUT2D eigenvalue weighted by Gasteiger charge is 2.17. The summed E-state index contributed by atoms with van der Waals surface area (Å²) in [5, 5.41) is 11.9. The summed E-state index contributed by atoms with van der Waals surface area (Å²) in [4.78, 5) is 25.0. The topological polar surface area (TPSA) is 76.0 Å². The van der Waals surface area contributed by atoms with E-state index in [1.165, 1.54) is 10.2 Å². The van der Waals surface area contributed by atoms with Gasteiger partial charge in [0.05, 0.1) is 29.4 Å². The first-order valence-electron chi connectivity index (χ1n) is 8.83. The third-order valence-corrected chi connectivity index (χ3v) is 4.69. The van der Waals surface area contributed by atoms with Gasteiger partial charge in [-0.05, 0) is 30.5 Å². The second-order valence-electron chi connectivity index (χ2n) is 6.39. The lowest BCUT2D eigenvalue weighted by molar-refractivity contribution is 0.0952. The van der Waals surface area contributed by atoms with Crippen LogP contribution < -0.4 is 16.2 Å². The molecule has 4 rings (SSSR count). The maximum absolute atomic E-state index is 12.5. The number of aryl methyl sites for hydroxylation is 1. The zero-order valence-corrected chi connectivity index (χ0v) is 14.4. The smallest absolute Gasteiger partial charge is 0.274 e. The Bertz CT molecular complexity index is 1030. The summed E-state index contributed by atoms with van der Waals surface area (Å²) < 4.78 is 1.39. The molecule has 0 unspecified atom stereocenters.